The second kappa shape index (κ2) is 16.1. The number of methoxy groups -OCH3 is 1. The summed E-state index contributed by atoms with van der Waals surface area (Å²) in [4.78, 5) is 38.1. The number of alkyl carbamates (subject to hydrolysis) is 1. The van der Waals surface area contributed by atoms with Gasteiger partial charge in [-0.2, -0.15) is 0 Å². The summed E-state index contributed by atoms with van der Waals surface area (Å²) in [6.45, 7) is 5.30. The second-order valence-electron chi connectivity index (χ2n) is 10.6. The van der Waals surface area contributed by atoms with E-state index in [4.69, 9.17) is 21.1 Å². The van der Waals surface area contributed by atoms with Crippen molar-refractivity contribution in [3.8, 4) is 17.2 Å². The van der Waals surface area contributed by atoms with E-state index in [1.807, 2.05) is 19.9 Å². The molecular weight excluding hydrogens is 634 g/mol. The first-order valence-electron chi connectivity index (χ1n) is 14.3. The molecule has 1 atom stereocenters. The van der Waals surface area contributed by atoms with Gasteiger partial charge in [0.25, 0.3) is 0 Å². The number of ketones is 2. The van der Waals surface area contributed by atoms with Crippen LogP contribution in [0.2, 0.25) is 5.02 Å². The molecule has 0 bridgehead atoms. The molecule has 46 heavy (non-hydrogen) atoms. The molecule has 3 aromatic carbocycles. The van der Waals surface area contributed by atoms with Crippen molar-refractivity contribution >= 4 is 45.2 Å². The minimum Gasteiger partial charge on any atom is -0.507 e. The van der Waals surface area contributed by atoms with Crippen LogP contribution in [0.4, 0.5) is 4.79 Å². The van der Waals surface area contributed by atoms with Crippen LogP contribution in [-0.4, -0.2) is 55.2 Å². The predicted molar refractivity (Wildman–Crippen MR) is 175 cm³/mol. The van der Waals surface area contributed by atoms with Gasteiger partial charge in [-0.25, -0.2) is 13.2 Å². The molecule has 3 N–H and O–H groups in total. The molecule has 0 aliphatic rings. The van der Waals surface area contributed by atoms with Crippen LogP contribution >= 0.6 is 11.6 Å². The number of benzene rings is 3. The quantitative estimate of drug-likeness (QED) is 0.103. The molecule has 0 aliphatic heterocycles. The van der Waals surface area contributed by atoms with Crippen molar-refractivity contribution in [1.82, 2.24) is 5.32 Å². The minimum absolute atomic E-state index is 0.0236. The van der Waals surface area contributed by atoms with Gasteiger partial charge in [-0.15, -0.1) is 0 Å². The number of sulfone groups is 1. The summed E-state index contributed by atoms with van der Waals surface area (Å²) in [5, 5.41) is 23.5. The number of aromatic hydroxyl groups is 2. The van der Waals surface area contributed by atoms with Crippen molar-refractivity contribution in [3.05, 3.63) is 99.6 Å². The van der Waals surface area contributed by atoms with Crippen molar-refractivity contribution < 1.29 is 42.5 Å². The average molecular weight is 670 g/mol. The summed E-state index contributed by atoms with van der Waals surface area (Å²) in [5.74, 6) is -3.09. The molecule has 1 unspecified atom stereocenters. The van der Waals surface area contributed by atoms with Gasteiger partial charge in [0, 0.05) is 11.6 Å². The highest BCUT2D eigenvalue weighted by molar-refractivity contribution is 7.92. The van der Waals surface area contributed by atoms with Crippen LogP contribution in [0.25, 0.3) is 6.08 Å². The first-order chi connectivity index (χ1) is 21.8. The fourth-order valence-corrected chi connectivity index (χ4v) is 6.26. The van der Waals surface area contributed by atoms with Gasteiger partial charge in [-0.1, -0.05) is 72.6 Å². The molecule has 1 amide bonds. The predicted octanol–water partition coefficient (Wildman–Crippen LogP) is 6.21. The molecule has 10 nitrogen and oxygen atoms in total. The summed E-state index contributed by atoms with van der Waals surface area (Å²) < 4.78 is 36.9. The van der Waals surface area contributed by atoms with Gasteiger partial charge < -0.3 is 25.0 Å². The normalized spacial score (nSPS) is 11.9. The number of phenolic OH excluding ortho intramolecular Hbond substituents is 2. The van der Waals surface area contributed by atoms with E-state index >= 15 is 0 Å². The SMILES string of the molecule is CCC(NC(=O)OCc1ccccc1)C(=O)CS(=O)(=O)c1cc(/C=C/C(=O)c2c(OC)cc(O)c(CC=C(C)C)c2O)ccc1Cl. The molecular formula is C34H36ClNO9S. The highest BCUT2D eigenvalue weighted by atomic mass is 35.5. The molecule has 0 aromatic heterocycles. The maximum absolute atomic E-state index is 13.3. The zero-order valence-corrected chi connectivity index (χ0v) is 27.4. The highest BCUT2D eigenvalue weighted by Crippen LogP contribution is 2.39. The fraction of sp³-hybridized carbons (Fsp3) is 0.265. The number of carbonyl (C=O) groups is 3. The number of amides is 1. The monoisotopic (exact) mass is 669 g/mol. The number of Topliss-reactive ketones (excluding diaryl/α,β-unsaturated/α-hetero) is 1. The number of hydrogen-bond donors (Lipinski definition) is 3. The number of nitrogens with one attached hydrogen (secondary N) is 1. The molecule has 12 heteroatoms. The maximum Gasteiger partial charge on any atom is 0.408 e. The Morgan fingerprint density at radius 3 is 2.37 bits per heavy atom. The van der Waals surface area contributed by atoms with E-state index in [-0.39, 0.29) is 57.6 Å². The molecule has 0 spiro atoms. The van der Waals surface area contributed by atoms with Crippen molar-refractivity contribution in [2.45, 2.75) is 51.2 Å². The third kappa shape index (κ3) is 9.45. The van der Waals surface area contributed by atoms with Crippen molar-refractivity contribution in [1.29, 1.82) is 0 Å². The smallest absolute Gasteiger partial charge is 0.408 e. The standard InChI is InChI=1S/C34H36ClNO9S/c1-5-26(36-34(41)45-19-23-9-7-6-8-10-23)29(39)20-46(42,43)31-17-22(12-15-25(31)35)13-16-27(37)32-30(44-4)18-28(38)24(33(32)40)14-11-21(2)3/h6-13,15-18,26,38,40H,5,14,19-20H2,1-4H3,(H,36,41)/b16-13+. The van der Waals surface area contributed by atoms with E-state index in [1.165, 1.54) is 37.5 Å². The van der Waals surface area contributed by atoms with E-state index < -0.39 is 45.0 Å². The Balaban J connectivity index is 1.78. The molecule has 0 heterocycles. The maximum atomic E-state index is 13.3. The minimum atomic E-state index is -4.28. The molecule has 3 rings (SSSR count). The van der Waals surface area contributed by atoms with Crippen LogP contribution in [0.3, 0.4) is 0 Å². The van der Waals surface area contributed by atoms with Gasteiger partial charge >= 0.3 is 6.09 Å². The number of phenols is 2. The lowest BCUT2D eigenvalue weighted by Crippen LogP contribution is -2.43. The molecule has 0 fully saturated rings. The fourth-order valence-electron chi connectivity index (χ4n) is 4.38. The lowest BCUT2D eigenvalue weighted by molar-refractivity contribution is -0.118. The van der Waals surface area contributed by atoms with E-state index in [2.05, 4.69) is 5.32 Å². The number of halogens is 1. The van der Waals surface area contributed by atoms with Gasteiger partial charge in [0.2, 0.25) is 0 Å². The lowest BCUT2D eigenvalue weighted by atomic mass is 9.99. The first kappa shape index (κ1) is 35.9. The first-order valence-corrected chi connectivity index (χ1v) is 16.3. The second-order valence-corrected chi connectivity index (χ2v) is 12.9. The number of rotatable bonds is 14. The van der Waals surface area contributed by atoms with Crippen LogP contribution in [-0.2, 0) is 32.4 Å². The molecule has 0 saturated carbocycles. The summed E-state index contributed by atoms with van der Waals surface area (Å²) in [5.41, 5.74) is 1.92. The topological polar surface area (TPSA) is 156 Å². The molecule has 0 aliphatic carbocycles. The number of hydrogen-bond acceptors (Lipinski definition) is 9. The largest absolute Gasteiger partial charge is 0.507 e. The third-order valence-electron chi connectivity index (χ3n) is 6.88. The summed E-state index contributed by atoms with van der Waals surface area (Å²) >= 11 is 6.22. The Labute approximate surface area is 273 Å². The summed E-state index contributed by atoms with van der Waals surface area (Å²) in [6, 6.07) is 13.0. The van der Waals surface area contributed by atoms with Crippen LogP contribution in [0, 0.1) is 0 Å². The average Bonchev–Trinajstić information content (AvgIpc) is 3.01. The van der Waals surface area contributed by atoms with Crippen LogP contribution < -0.4 is 10.1 Å². The van der Waals surface area contributed by atoms with Crippen molar-refractivity contribution in [2.75, 3.05) is 12.9 Å². The lowest BCUT2D eigenvalue weighted by Gasteiger charge is -2.16. The molecule has 0 radical (unpaired) electrons. The van der Waals surface area contributed by atoms with Crippen LogP contribution in [0.1, 0.15) is 54.2 Å². The zero-order valence-electron chi connectivity index (χ0n) is 25.9. The summed E-state index contributed by atoms with van der Waals surface area (Å²) in [6.07, 6.45) is 3.65. The molecule has 0 saturated heterocycles. The summed E-state index contributed by atoms with van der Waals surface area (Å²) in [7, 11) is -2.99. The Morgan fingerprint density at radius 2 is 1.74 bits per heavy atom. The number of ether oxygens (including phenoxy) is 2. The Hall–Kier alpha value is -4.61. The number of allylic oxidation sites excluding steroid dienone is 3. The van der Waals surface area contributed by atoms with Crippen molar-refractivity contribution in [3.63, 3.8) is 0 Å². The highest BCUT2D eigenvalue weighted by Gasteiger charge is 2.28. The van der Waals surface area contributed by atoms with Crippen LogP contribution in [0.5, 0.6) is 17.2 Å². The Kier molecular flexibility index (Phi) is 12.6. The van der Waals surface area contributed by atoms with Gasteiger partial charge in [0.05, 0.1) is 23.1 Å². The number of carbonyl (C=O) groups excluding carboxylic acids is 3. The Bertz CT molecular complexity index is 1760. The zero-order chi connectivity index (χ0) is 34.0. The van der Waals surface area contributed by atoms with E-state index in [0.29, 0.717) is 0 Å². The van der Waals surface area contributed by atoms with Gasteiger partial charge in [-0.05, 0) is 56.0 Å². The van der Waals surface area contributed by atoms with Crippen molar-refractivity contribution in [2.24, 2.45) is 0 Å². The molecule has 3 aromatic rings. The van der Waals surface area contributed by atoms with Gasteiger partial charge in [-0.3, -0.25) is 9.59 Å². The van der Waals surface area contributed by atoms with E-state index in [9.17, 15) is 33.0 Å². The molecule has 244 valence electrons. The van der Waals surface area contributed by atoms with Crippen LogP contribution in [0.15, 0.2) is 77.2 Å². The third-order valence-corrected chi connectivity index (χ3v) is 8.99. The van der Waals surface area contributed by atoms with Gasteiger partial charge in [0.1, 0.15) is 35.2 Å². The van der Waals surface area contributed by atoms with E-state index in [0.717, 1.165) is 17.2 Å². The van der Waals surface area contributed by atoms with E-state index in [1.54, 1.807) is 37.3 Å². The van der Waals surface area contributed by atoms with Gasteiger partial charge in [0.15, 0.2) is 21.4 Å². The Morgan fingerprint density at radius 1 is 1.04 bits per heavy atom.